The van der Waals surface area contributed by atoms with Crippen LogP contribution in [0.15, 0.2) is 42.5 Å². The molecule has 4 nitrogen and oxygen atoms in total. The van der Waals surface area contributed by atoms with Gasteiger partial charge in [0.2, 0.25) is 0 Å². The molecule has 0 saturated carbocycles. The number of hydrogen-bond acceptors (Lipinski definition) is 4. The highest BCUT2D eigenvalue weighted by Gasteiger charge is 2.28. The summed E-state index contributed by atoms with van der Waals surface area (Å²) in [6.07, 6.45) is 2.87. The van der Waals surface area contributed by atoms with Crippen LogP contribution in [0.2, 0.25) is 0 Å². The summed E-state index contributed by atoms with van der Waals surface area (Å²) in [6, 6.07) is 13.5. The van der Waals surface area contributed by atoms with Gasteiger partial charge in [0.1, 0.15) is 5.00 Å². The number of anilines is 1. The quantitative estimate of drug-likeness (QED) is 0.675. The summed E-state index contributed by atoms with van der Waals surface area (Å²) in [5.74, 6) is -0.554. The Kier molecular flexibility index (Phi) is 4.47. The van der Waals surface area contributed by atoms with E-state index in [1.165, 1.54) is 16.2 Å². The molecule has 1 aliphatic carbocycles. The zero-order valence-corrected chi connectivity index (χ0v) is 15.3. The molecule has 132 valence electrons. The minimum absolute atomic E-state index is 0.207. The van der Waals surface area contributed by atoms with Gasteiger partial charge in [-0.15, -0.1) is 11.3 Å². The van der Waals surface area contributed by atoms with E-state index in [1.54, 1.807) is 6.92 Å². The first-order valence-electron chi connectivity index (χ1n) is 8.79. The van der Waals surface area contributed by atoms with E-state index in [1.807, 2.05) is 42.5 Å². The molecular formula is C21H19NO3S. The lowest BCUT2D eigenvalue weighted by atomic mass is 10.1. The molecule has 0 atom stereocenters. The smallest absolute Gasteiger partial charge is 0.341 e. The molecule has 0 radical (unpaired) electrons. The van der Waals surface area contributed by atoms with Crippen molar-refractivity contribution in [2.45, 2.75) is 26.2 Å². The first kappa shape index (κ1) is 16.8. The van der Waals surface area contributed by atoms with Crippen LogP contribution in [-0.4, -0.2) is 18.5 Å². The summed E-state index contributed by atoms with van der Waals surface area (Å²) < 4.78 is 5.21. The molecule has 0 saturated heterocycles. The van der Waals surface area contributed by atoms with Crippen molar-refractivity contribution in [3.05, 3.63) is 64.0 Å². The number of rotatable bonds is 4. The molecule has 2 aromatic carbocycles. The molecule has 4 rings (SSSR count). The normalized spacial score (nSPS) is 12.8. The molecule has 1 N–H and O–H groups in total. The number of esters is 1. The van der Waals surface area contributed by atoms with E-state index in [0.29, 0.717) is 22.7 Å². The zero-order chi connectivity index (χ0) is 18.1. The number of hydrogen-bond donors (Lipinski definition) is 1. The second kappa shape index (κ2) is 6.92. The van der Waals surface area contributed by atoms with Crippen LogP contribution < -0.4 is 5.32 Å². The van der Waals surface area contributed by atoms with Gasteiger partial charge in [0.05, 0.1) is 12.2 Å². The number of fused-ring (bicyclic) bond motifs is 2. The fourth-order valence-corrected chi connectivity index (χ4v) is 4.69. The number of ether oxygens (including phenoxy) is 1. The summed E-state index contributed by atoms with van der Waals surface area (Å²) >= 11 is 1.50. The fraction of sp³-hybridized carbons (Fsp3) is 0.238. The molecule has 3 aromatic rings. The monoisotopic (exact) mass is 365 g/mol. The number of nitrogens with one attached hydrogen (secondary N) is 1. The largest absolute Gasteiger partial charge is 0.462 e. The Labute approximate surface area is 155 Å². The van der Waals surface area contributed by atoms with E-state index in [0.717, 1.165) is 35.6 Å². The van der Waals surface area contributed by atoms with E-state index in [2.05, 4.69) is 5.32 Å². The molecule has 5 heteroatoms. The van der Waals surface area contributed by atoms with Gasteiger partial charge in [-0.25, -0.2) is 4.79 Å². The van der Waals surface area contributed by atoms with Gasteiger partial charge >= 0.3 is 5.97 Å². The molecule has 1 aromatic heterocycles. The van der Waals surface area contributed by atoms with E-state index in [9.17, 15) is 9.59 Å². The Hall–Kier alpha value is -2.66. The van der Waals surface area contributed by atoms with Crippen LogP contribution in [0.3, 0.4) is 0 Å². The summed E-state index contributed by atoms with van der Waals surface area (Å²) in [5, 5.41) is 5.64. The Morgan fingerprint density at radius 3 is 2.73 bits per heavy atom. The zero-order valence-electron chi connectivity index (χ0n) is 14.5. The lowest BCUT2D eigenvalue weighted by molar-refractivity contribution is 0.0527. The van der Waals surface area contributed by atoms with Gasteiger partial charge in [0.15, 0.2) is 0 Å². The summed E-state index contributed by atoms with van der Waals surface area (Å²) in [4.78, 5) is 26.4. The highest BCUT2D eigenvalue weighted by atomic mass is 32.1. The Bertz CT molecular complexity index is 1010. The third-order valence-corrected chi connectivity index (χ3v) is 5.85. The lowest BCUT2D eigenvalue weighted by Gasteiger charge is -2.08. The van der Waals surface area contributed by atoms with Crippen molar-refractivity contribution in [2.75, 3.05) is 11.9 Å². The van der Waals surface area contributed by atoms with Gasteiger partial charge in [-0.05, 0) is 54.7 Å². The number of carbonyl (C=O) groups is 2. The van der Waals surface area contributed by atoms with E-state index >= 15 is 0 Å². The van der Waals surface area contributed by atoms with Crippen molar-refractivity contribution in [2.24, 2.45) is 0 Å². The third kappa shape index (κ3) is 2.99. The van der Waals surface area contributed by atoms with Crippen LogP contribution in [0, 0.1) is 0 Å². The van der Waals surface area contributed by atoms with Gasteiger partial charge in [-0.2, -0.15) is 0 Å². The fourth-order valence-electron chi connectivity index (χ4n) is 3.42. The minimum atomic E-state index is -0.347. The predicted octanol–water partition coefficient (Wildman–Crippen LogP) is 4.82. The standard InChI is InChI=1S/C21H19NO3S/c1-2-25-21(24)18-16-8-5-9-17(16)26-20(18)22-19(23)15-11-10-13-6-3-4-7-14(13)12-15/h3-4,6-7,10-12H,2,5,8-9H2,1H3,(H,22,23). The number of benzene rings is 2. The van der Waals surface area contributed by atoms with Crippen LogP contribution in [0.25, 0.3) is 10.8 Å². The van der Waals surface area contributed by atoms with E-state index in [4.69, 9.17) is 4.74 Å². The Morgan fingerprint density at radius 2 is 1.92 bits per heavy atom. The van der Waals surface area contributed by atoms with E-state index < -0.39 is 0 Å². The second-order valence-electron chi connectivity index (χ2n) is 6.30. The predicted molar refractivity (Wildman–Crippen MR) is 104 cm³/mol. The Morgan fingerprint density at radius 1 is 1.12 bits per heavy atom. The van der Waals surface area contributed by atoms with Crippen molar-refractivity contribution in [1.82, 2.24) is 0 Å². The van der Waals surface area contributed by atoms with Crippen LogP contribution in [0.5, 0.6) is 0 Å². The summed E-state index contributed by atoms with van der Waals surface area (Å²) in [6.45, 7) is 2.11. The van der Waals surface area contributed by atoms with Crippen LogP contribution in [-0.2, 0) is 17.6 Å². The van der Waals surface area contributed by atoms with Crippen molar-refractivity contribution < 1.29 is 14.3 Å². The van der Waals surface area contributed by atoms with Crippen molar-refractivity contribution >= 4 is 39.0 Å². The number of amides is 1. The highest BCUT2D eigenvalue weighted by Crippen LogP contribution is 2.39. The lowest BCUT2D eigenvalue weighted by Crippen LogP contribution is -2.15. The topological polar surface area (TPSA) is 55.4 Å². The molecule has 26 heavy (non-hydrogen) atoms. The average Bonchev–Trinajstić information content (AvgIpc) is 3.22. The Balaban J connectivity index is 1.65. The third-order valence-electron chi connectivity index (χ3n) is 4.64. The molecule has 0 fully saturated rings. The van der Waals surface area contributed by atoms with Crippen molar-refractivity contribution in [3.63, 3.8) is 0 Å². The van der Waals surface area contributed by atoms with Gasteiger partial charge in [0.25, 0.3) is 5.91 Å². The molecule has 0 aliphatic heterocycles. The molecule has 0 unspecified atom stereocenters. The molecular weight excluding hydrogens is 346 g/mol. The van der Waals surface area contributed by atoms with Gasteiger partial charge in [-0.1, -0.05) is 30.3 Å². The highest BCUT2D eigenvalue weighted by molar-refractivity contribution is 7.17. The maximum Gasteiger partial charge on any atom is 0.341 e. The molecule has 0 spiro atoms. The number of carbonyl (C=O) groups excluding carboxylic acids is 2. The summed E-state index contributed by atoms with van der Waals surface area (Å²) in [7, 11) is 0. The van der Waals surface area contributed by atoms with Crippen molar-refractivity contribution in [3.8, 4) is 0 Å². The average molecular weight is 365 g/mol. The molecule has 1 heterocycles. The first-order chi connectivity index (χ1) is 12.7. The minimum Gasteiger partial charge on any atom is -0.462 e. The van der Waals surface area contributed by atoms with Gasteiger partial charge in [0, 0.05) is 10.4 Å². The molecule has 1 amide bonds. The van der Waals surface area contributed by atoms with Crippen LogP contribution >= 0.6 is 11.3 Å². The van der Waals surface area contributed by atoms with Crippen LogP contribution in [0.4, 0.5) is 5.00 Å². The van der Waals surface area contributed by atoms with Crippen molar-refractivity contribution in [1.29, 1.82) is 0 Å². The summed E-state index contributed by atoms with van der Waals surface area (Å²) in [5.41, 5.74) is 2.16. The van der Waals surface area contributed by atoms with E-state index in [-0.39, 0.29) is 11.9 Å². The van der Waals surface area contributed by atoms with Gasteiger partial charge in [-0.3, -0.25) is 4.79 Å². The molecule has 1 aliphatic rings. The van der Waals surface area contributed by atoms with Gasteiger partial charge < -0.3 is 10.1 Å². The number of thiophene rings is 1. The second-order valence-corrected chi connectivity index (χ2v) is 7.40. The number of aryl methyl sites for hydroxylation is 1. The molecule has 0 bridgehead atoms. The maximum atomic E-state index is 12.8. The SMILES string of the molecule is CCOC(=O)c1c(NC(=O)c2ccc3ccccc3c2)sc2c1CCC2. The maximum absolute atomic E-state index is 12.8. The first-order valence-corrected chi connectivity index (χ1v) is 9.61. The van der Waals surface area contributed by atoms with Crippen LogP contribution in [0.1, 0.15) is 44.5 Å².